The van der Waals surface area contributed by atoms with Crippen LogP contribution in [-0.2, 0) is 4.79 Å². The Bertz CT molecular complexity index is 661. The minimum Gasteiger partial charge on any atom is -0.327 e. The molecule has 3 rings (SSSR count). The maximum Gasteiger partial charge on any atom is 0.230 e. The first-order valence-corrected chi connectivity index (χ1v) is 7.01. The highest BCUT2D eigenvalue weighted by atomic mass is 35.5. The average Bonchev–Trinajstić information content (AvgIpc) is 2.86. The summed E-state index contributed by atoms with van der Waals surface area (Å²) in [5.74, 6) is 0.00952. The first-order valence-electron chi connectivity index (χ1n) is 6.64. The van der Waals surface area contributed by atoms with E-state index in [0.29, 0.717) is 16.9 Å². The minimum atomic E-state index is -0.167. The maximum atomic E-state index is 12.2. The van der Waals surface area contributed by atoms with E-state index in [9.17, 15) is 4.79 Å². The molecule has 2 atom stereocenters. The number of hydrogen-bond donors (Lipinski definition) is 2. The fraction of sp³-hybridized carbons (Fsp3) is 0.357. The molecule has 3 N–H and O–H groups in total. The molecule has 20 heavy (non-hydrogen) atoms. The van der Waals surface area contributed by atoms with Gasteiger partial charge in [-0.05, 0) is 25.0 Å². The first-order chi connectivity index (χ1) is 9.65. The lowest BCUT2D eigenvalue weighted by atomic mass is 10.0. The summed E-state index contributed by atoms with van der Waals surface area (Å²) in [6.45, 7) is 0. The van der Waals surface area contributed by atoms with Gasteiger partial charge in [-0.25, -0.2) is 9.97 Å². The van der Waals surface area contributed by atoms with Gasteiger partial charge < -0.3 is 11.1 Å². The molecule has 1 saturated carbocycles. The fourth-order valence-corrected chi connectivity index (χ4v) is 2.76. The SMILES string of the molecule is NC1CCCC1C(=O)Nc1nc2ccccc2nc1Cl. The smallest absolute Gasteiger partial charge is 0.230 e. The minimum absolute atomic E-state index is 0.0813. The van der Waals surface area contributed by atoms with Gasteiger partial charge in [-0.1, -0.05) is 30.2 Å². The van der Waals surface area contributed by atoms with Gasteiger partial charge in [-0.2, -0.15) is 0 Å². The van der Waals surface area contributed by atoms with Crippen LogP contribution in [0.2, 0.25) is 5.15 Å². The van der Waals surface area contributed by atoms with Crippen molar-refractivity contribution in [3.8, 4) is 0 Å². The van der Waals surface area contributed by atoms with Gasteiger partial charge in [-0.15, -0.1) is 0 Å². The predicted molar refractivity (Wildman–Crippen MR) is 78.5 cm³/mol. The molecule has 1 aromatic heterocycles. The lowest BCUT2D eigenvalue weighted by molar-refractivity contribution is -0.120. The number of hydrogen-bond acceptors (Lipinski definition) is 4. The summed E-state index contributed by atoms with van der Waals surface area (Å²) < 4.78 is 0. The van der Waals surface area contributed by atoms with Crippen LogP contribution in [0.4, 0.5) is 5.82 Å². The van der Waals surface area contributed by atoms with Crippen molar-refractivity contribution >= 4 is 34.4 Å². The second kappa shape index (κ2) is 5.34. The van der Waals surface area contributed by atoms with Gasteiger partial charge in [0.15, 0.2) is 11.0 Å². The van der Waals surface area contributed by atoms with Gasteiger partial charge in [-0.3, -0.25) is 4.79 Å². The number of nitrogens with one attached hydrogen (secondary N) is 1. The quantitative estimate of drug-likeness (QED) is 0.889. The van der Waals surface area contributed by atoms with Crippen molar-refractivity contribution in [3.63, 3.8) is 0 Å². The van der Waals surface area contributed by atoms with Crippen molar-refractivity contribution < 1.29 is 4.79 Å². The molecule has 0 radical (unpaired) electrons. The Kier molecular flexibility index (Phi) is 3.54. The number of para-hydroxylation sites is 2. The van der Waals surface area contributed by atoms with Crippen molar-refractivity contribution in [3.05, 3.63) is 29.4 Å². The van der Waals surface area contributed by atoms with E-state index in [4.69, 9.17) is 17.3 Å². The average molecular weight is 291 g/mol. The Balaban J connectivity index is 1.86. The number of nitrogens with zero attached hydrogens (tertiary/aromatic N) is 2. The van der Waals surface area contributed by atoms with Gasteiger partial charge >= 0.3 is 0 Å². The van der Waals surface area contributed by atoms with Crippen LogP contribution in [0, 0.1) is 5.92 Å². The first kappa shape index (κ1) is 13.3. The molecule has 1 amide bonds. The van der Waals surface area contributed by atoms with Gasteiger partial charge in [0.05, 0.1) is 17.0 Å². The molecular formula is C14H15ClN4O. The number of halogens is 1. The van der Waals surface area contributed by atoms with E-state index in [2.05, 4.69) is 15.3 Å². The summed E-state index contributed by atoms with van der Waals surface area (Å²) in [5.41, 5.74) is 7.33. The van der Waals surface area contributed by atoms with Crippen LogP contribution in [0.25, 0.3) is 11.0 Å². The number of rotatable bonds is 2. The zero-order chi connectivity index (χ0) is 14.1. The Morgan fingerprint density at radius 1 is 1.25 bits per heavy atom. The molecule has 1 aromatic carbocycles. The molecule has 1 heterocycles. The molecule has 104 valence electrons. The standard InChI is InChI=1S/C14H15ClN4O/c15-12-13(18-11-7-2-1-6-10(11)17-12)19-14(20)8-4-3-5-9(8)16/h1-2,6-9H,3-5,16H2,(H,18,19,20). The number of aromatic nitrogens is 2. The molecule has 0 spiro atoms. The molecule has 0 bridgehead atoms. The largest absolute Gasteiger partial charge is 0.327 e. The molecule has 0 aliphatic heterocycles. The highest BCUT2D eigenvalue weighted by Gasteiger charge is 2.30. The van der Waals surface area contributed by atoms with Crippen LogP contribution in [0.3, 0.4) is 0 Å². The van der Waals surface area contributed by atoms with E-state index in [0.717, 1.165) is 19.3 Å². The lowest BCUT2D eigenvalue weighted by Crippen LogP contribution is -2.34. The van der Waals surface area contributed by atoms with Crippen LogP contribution in [-0.4, -0.2) is 21.9 Å². The topological polar surface area (TPSA) is 80.9 Å². The zero-order valence-electron chi connectivity index (χ0n) is 10.8. The predicted octanol–water partition coefficient (Wildman–Crippen LogP) is 2.35. The summed E-state index contributed by atoms with van der Waals surface area (Å²) in [7, 11) is 0. The molecule has 1 aliphatic rings. The molecule has 0 saturated heterocycles. The van der Waals surface area contributed by atoms with Crippen LogP contribution in [0.1, 0.15) is 19.3 Å². The number of anilines is 1. The Labute approximate surface area is 121 Å². The van der Waals surface area contributed by atoms with Crippen molar-refractivity contribution in [1.82, 2.24) is 9.97 Å². The van der Waals surface area contributed by atoms with Crippen molar-refractivity contribution in [2.45, 2.75) is 25.3 Å². The third-order valence-corrected chi connectivity index (χ3v) is 3.94. The van der Waals surface area contributed by atoms with Crippen LogP contribution in [0.15, 0.2) is 24.3 Å². The second-order valence-electron chi connectivity index (χ2n) is 5.04. The monoisotopic (exact) mass is 290 g/mol. The number of amides is 1. The van der Waals surface area contributed by atoms with Gasteiger partial charge in [0.1, 0.15) is 0 Å². The second-order valence-corrected chi connectivity index (χ2v) is 5.40. The van der Waals surface area contributed by atoms with Gasteiger partial charge in [0, 0.05) is 6.04 Å². The van der Waals surface area contributed by atoms with E-state index in [-0.39, 0.29) is 23.0 Å². The van der Waals surface area contributed by atoms with Crippen molar-refractivity contribution in [2.75, 3.05) is 5.32 Å². The van der Waals surface area contributed by atoms with Gasteiger partial charge in [0.25, 0.3) is 0 Å². The molecule has 2 aromatic rings. The number of carbonyl (C=O) groups is 1. The van der Waals surface area contributed by atoms with Crippen molar-refractivity contribution in [2.24, 2.45) is 11.7 Å². The Morgan fingerprint density at radius 2 is 1.95 bits per heavy atom. The molecule has 6 heteroatoms. The van der Waals surface area contributed by atoms with Crippen LogP contribution in [0.5, 0.6) is 0 Å². The third-order valence-electron chi connectivity index (χ3n) is 3.68. The molecule has 5 nitrogen and oxygen atoms in total. The van der Waals surface area contributed by atoms with Gasteiger partial charge in [0.2, 0.25) is 5.91 Å². The lowest BCUT2D eigenvalue weighted by Gasteiger charge is -2.15. The van der Waals surface area contributed by atoms with E-state index in [1.165, 1.54) is 0 Å². The summed E-state index contributed by atoms with van der Waals surface area (Å²) in [4.78, 5) is 20.8. The summed E-state index contributed by atoms with van der Waals surface area (Å²) in [6, 6.07) is 7.30. The number of nitrogens with two attached hydrogens (primary N) is 1. The van der Waals surface area contributed by atoms with E-state index in [1.807, 2.05) is 24.3 Å². The molecule has 2 unspecified atom stereocenters. The van der Waals surface area contributed by atoms with Crippen LogP contribution < -0.4 is 11.1 Å². The normalized spacial score (nSPS) is 22.1. The Morgan fingerprint density at radius 3 is 2.60 bits per heavy atom. The number of benzene rings is 1. The number of fused-ring (bicyclic) bond motifs is 1. The van der Waals surface area contributed by atoms with Crippen LogP contribution >= 0.6 is 11.6 Å². The van der Waals surface area contributed by atoms with E-state index < -0.39 is 0 Å². The Hall–Kier alpha value is -1.72. The highest BCUT2D eigenvalue weighted by molar-refractivity contribution is 6.32. The maximum absolute atomic E-state index is 12.2. The number of carbonyl (C=O) groups excluding carboxylic acids is 1. The zero-order valence-corrected chi connectivity index (χ0v) is 11.6. The fourth-order valence-electron chi connectivity index (χ4n) is 2.58. The van der Waals surface area contributed by atoms with E-state index >= 15 is 0 Å². The molecular weight excluding hydrogens is 276 g/mol. The highest BCUT2D eigenvalue weighted by Crippen LogP contribution is 2.27. The van der Waals surface area contributed by atoms with Crippen molar-refractivity contribution in [1.29, 1.82) is 0 Å². The van der Waals surface area contributed by atoms with E-state index in [1.54, 1.807) is 0 Å². The summed E-state index contributed by atoms with van der Waals surface area (Å²) >= 11 is 6.07. The molecule has 1 fully saturated rings. The summed E-state index contributed by atoms with van der Waals surface area (Å²) in [5, 5.41) is 2.95. The molecule has 1 aliphatic carbocycles. The summed E-state index contributed by atoms with van der Waals surface area (Å²) in [6.07, 6.45) is 2.68. The third kappa shape index (κ3) is 2.46.